The zero-order chi connectivity index (χ0) is 15.0. The molecular formula is C15H11Br3N2O. The Bertz CT molecular complexity index is 853. The number of benzene rings is 2. The number of aromatic nitrogens is 2. The van der Waals surface area contributed by atoms with E-state index >= 15 is 0 Å². The Morgan fingerprint density at radius 3 is 2.48 bits per heavy atom. The molecule has 0 saturated heterocycles. The largest absolute Gasteiger partial charge is 0.323 e. The van der Waals surface area contributed by atoms with Crippen LogP contribution in [0.4, 0.5) is 0 Å². The maximum absolute atomic E-state index is 11.4. The van der Waals surface area contributed by atoms with Crippen molar-refractivity contribution in [2.24, 2.45) is 0 Å². The Kier molecular flexibility index (Phi) is 4.38. The maximum atomic E-state index is 11.4. The summed E-state index contributed by atoms with van der Waals surface area (Å²) >= 11 is 10.8. The normalized spacial score (nSPS) is 12.7. The van der Waals surface area contributed by atoms with Crippen LogP contribution in [0, 0.1) is 0 Å². The van der Waals surface area contributed by atoms with E-state index in [1.54, 1.807) is 0 Å². The number of imidazole rings is 1. The molecule has 1 atom stereocenters. The number of fused-ring (bicyclic) bond motifs is 1. The second-order valence-corrected chi connectivity index (χ2v) is 7.68. The van der Waals surface area contributed by atoms with Crippen molar-refractivity contribution in [1.29, 1.82) is 0 Å². The summed E-state index contributed by atoms with van der Waals surface area (Å²) < 4.78 is 2.05. The fraction of sp³-hybridized carbons (Fsp3) is 0.133. The lowest BCUT2D eigenvalue weighted by atomic mass is 10.0. The van der Waals surface area contributed by atoms with E-state index in [0.29, 0.717) is 0 Å². The standard InChI is InChI=1S/C15H11Br3N2O/c16-9-3-1-2-8(4-9)5-11(17)10-6-13-14(7-12(10)18)20-15(21)19-13/h1-4,6-7,11H,5H2,(H2,19,20,21). The Hall–Kier alpha value is -0.850. The molecule has 0 radical (unpaired) electrons. The number of hydrogen-bond acceptors (Lipinski definition) is 1. The highest BCUT2D eigenvalue weighted by Gasteiger charge is 2.14. The minimum absolute atomic E-state index is 0.156. The lowest BCUT2D eigenvalue weighted by Crippen LogP contribution is -1.99. The summed E-state index contributed by atoms with van der Waals surface area (Å²) in [6, 6.07) is 12.2. The van der Waals surface area contributed by atoms with Gasteiger partial charge in [0, 0.05) is 13.8 Å². The summed E-state index contributed by atoms with van der Waals surface area (Å²) in [4.78, 5) is 17.1. The molecule has 0 bridgehead atoms. The number of nitrogens with one attached hydrogen (secondary N) is 2. The molecule has 2 aromatic carbocycles. The van der Waals surface area contributed by atoms with Gasteiger partial charge in [0.1, 0.15) is 0 Å². The number of hydrogen-bond donors (Lipinski definition) is 2. The first-order valence-corrected chi connectivity index (χ1v) is 8.83. The molecule has 6 heteroatoms. The zero-order valence-corrected chi connectivity index (χ0v) is 15.5. The summed E-state index contributed by atoms with van der Waals surface area (Å²) in [5.74, 6) is 0. The van der Waals surface area contributed by atoms with Crippen molar-refractivity contribution < 1.29 is 0 Å². The fourth-order valence-corrected chi connectivity index (χ4v) is 4.42. The van der Waals surface area contributed by atoms with Gasteiger partial charge in [-0.1, -0.05) is 59.9 Å². The lowest BCUT2D eigenvalue weighted by Gasteiger charge is -2.13. The maximum Gasteiger partial charge on any atom is 0.323 e. The van der Waals surface area contributed by atoms with E-state index < -0.39 is 0 Å². The summed E-state index contributed by atoms with van der Waals surface area (Å²) in [6.45, 7) is 0. The van der Waals surface area contributed by atoms with Gasteiger partial charge in [0.25, 0.3) is 0 Å². The second kappa shape index (κ2) is 6.10. The Morgan fingerprint density at radius 1 is 1.05 bits per heavy atom. The van der Waals surface area contributed by atoms with Crippen LogP contribution in [0.15, 0.2) is 50.1 Å². The van der Waals surface area contributed by atoms with Gasteiger partial charge in [-0.3, -0.25) is 0 Å². The molecule has 3 aromatic rings. The molecule has 0 saturated carbocycles. The molecule has 3 rings (SSSR count). The van der Waals surface area contributed by atoms with Crippen molar-refractivity contribution in [3.63, 3.8) is 0 Å². The molecule has 1 heterocycles. The van der Waals surface area contributed by atoms with Crippen molar-refractivity contribution in [3.8, 4) is 0 Å². The van der Waals surface area contributed by atoms with Gasteiger partial charge in [0.15, 0.2) is 0 Å². The number of halogens is 3. The van der Waals surface area contributed by atoms with Gasteiger partial charge in [-0.15, -0.1) is 0 Å². The van der Waals surface area contributed by atoms with Crippen LogP contribution >= 0.6 is 47.8 Å². The highest BCUT2D eigenvalue weighted by molar-refractivity contribution is 9.11. The van der Waals surface area contributed by atoms with Crippen molar-refractivity contribution in [1.82, 2.24) is 9.97 Å². The van der Waals surface area contributed by atoms with E-state index in [-0.39, 0.29) is 10.5 Å². The molecule has 0 aliphatic heterocycles. The van der Waals surface area contributed by atoms with E-state index in [4.69, 9.17) is 0 Å². The minimum atomic E-state index is -0.188. The monoisotopic (exact) mass is 472 g/mol. The predicted octanol–water partition coefficient (Wildman–Crippen LogP) is 5.06. The Morgan fingerprint density at radius 2 is 1.76 bits per heavy atom. The molecule has 0 spiro atoms. The third-order valence-corrected chi connectivity index (χ3v) is 5.27. The van der Waals surface area contributed by atoms with Crippen molar-refractivity contribution in [2.75, 3.05) is 0 Å². The van der Waals surface area contributed by atoms with Gasteiger partial charge < -0.3 is 9.97 Å². The van der Waals surface area contributed by atoms with Crippen LogP contribution in [0.25, 0.3) is 11.0 Å². The smallest absolute Gasteiger partial charge is 0.306 e. The van der Waals surface area contributed by atoms with E-state index in [9.17, 15) is 4.79 Å². The molecule has 0 aliphatic rings. The van der Waals surface area contributed by atoms with E-state index in [0.717, 1.165) is 32.0 Å². The van der Waals surface area contributed by atoms with Gasteiger partial charge in [-0.05, 0) is 41.8 Å². The zero-order valence-electron chi connectivity index (χ0n) is 10.8. The SMILES string of the molecule is O=c1[nH]c2cc(Br)c(C(Br)Cc3cccc(Br)c3)cc2[nH]1. The third-order valence-electron chi connectivity index (χ3n) is 3.27. The minimum Gasteiger partial charge on any atom is -0.306 e. The van der Waals surface area contributed by atoms with Crippen LogP contribution in [0.2, 0.25) is 0 Å². The Labute approximate surface area is 146 Å². The van der Waals surface area contributed by atoms with Gasteiger partial charge in [-0.2, -0.15) is 0 Å². The molecule has 21 heavy (non-hydrogen) atoms. The molecule has 1 aromatic heterocycles. The average Bonchev–Trinajstić information content (AvgIpc) is 2.76. The highest BCUT2D eigenvalue weighted by Crippen LogP contribution is 2.34. The Balaban J connectivity index is 1.95. The number of alkyl halides is 1. The van der Waals surface area contributed by atoms with Gasteiger partial charge in [0.2, 0.25) is 0 Å². The van der Waals surface area contributed by atoms with Gasteiger partial charge >= 0.3 is 5.69 Å². The summed E-state index contributed by atoms with van der Waals surface area (Å²) in [5.41, 5.74) is 3.78. The van der Waals surface area contributed by atoms with Crippen molar-refractivity contribution >= 4 is 58.8 Å². The molecule has 1 unspecified atom stereocenters. The lowest BCUT2D eigenvalue weighted by molar-refractivity contribution is 0.944. The van der Waals surface area contributed by atoms with E-state index in [1.807, 2.05) is 24.3 Å². The third kappa shape index (κ3) is 3.33. The average molecular weight is 475 g/mol. The number of aromatic amines is 2. The molecule has 2 N–H and O–H groups in total. The first-order chi connectivity index (χ1) is 10.0. The van der Waals surface area contributed by atoms with Crippen LogP contribution in [0.5, 0.6) is 0 Å². The molecule has 108 valence electrons. The number of rotatable bonds is 3. The second-order valence-electron chi connectivity index (χ2n) is 4.80. The van der Waals surface area contributed by atoms with E-state index in [2.05, 4.69) is 69.9 Å². The molecule has 3 nitrogen and oxygen atoms in total. The summed E-state index contributed by atoms with van der Waals surface area (Å²) in [7, 11) is 0. The van der Waals surface area contributed by atoms with Crippen molar-refractivity contribution in [3.05, 3.63) is 67.0 Å². The quantitative estimate of drug-likeness (QED) is 0.512. The van der Waals surface area contributed by atoms with Gasteiger partial charge in [-0.25, -0.2) is 4.79 Å². The van der Waals surface area contributed by atoms with Crippen LogP contribution < -0.4 is 5.69 Å². The summed E-state index contributed by atoms with van der Waals surface area (Å²) in [5, 5.41) is 0. The molecule has 0 fully saturated rings. The topological polar surface area (TPSA) is 48.6 Å². The van der Waals surface area contributed by atoms with Gasteiger partial charge in [0.05, 0.1) is 11.0 Å². The van der Waals surface area contributed by atoms with Crippen LogP contribution in [0.3, 0.4) is 0 Å². The van der Waals surface area contributed by atoms with E-state index in [1.165, 1.54) is 5.56 Å². The van der Waals surface area contributed by atoms with Crippen LogP contribution in [-0.4, -0.2) is 9.97 Å². The fourth-order valence-electron chi connectivity index (χ4n) is 2.29. The predicted molar refractivity (Wildman–Crippen MR) is 96.1 cm³/mol. The van der Waals surface area contributed by atoms with Crippen molar-refractivity contribution in [2.45, 2.75) is 11.2 Å². The molecule has 0 aliphatic carbocycles. The molecular weight excluding hydrogens is 464 g/mol. The summed E-state index contributed by atoms with van der Waals surface area (Å²) in [6.07, 6.45) is 0.859. The first kappa shape index (κ1) is 15.1. The number of H-pyrrole nitrogens is 2. The van der Waals surface area contributed by atoms with Crippen LogP contribution in [-0.2, 0) is 6.42 Å². The van der Waals surface area contributed by atoms with Crippen LogP contribution in [0.1, 0.15) is 16.0 Å². The first-order valence-electron chi connectivity index (χ1n) is 6.33. The highest BCUT2D eigenvalue weighted by atomic mass is 79.9. The molecule has 0 amide bonds.